The number of fused-ring (bicyclic) bond motifs is 1. The number of nitrogens with zero attached hydrogens (tertiary/aromatic N) is 4. The number of hydrogen-bond acceptors (Lipinski definition) is 5. The van der Waals surface area contributed by atoms with Crippen molar-refractivity contribution in [2.75, 3.05) is 11.1 Å². The van der Waals surface area contributed by atoms with Crippen molar-refractivity contribution >= 4 is 50.3 Å². The monoisotopic (exact) mass is 453 g/mol. The van der Waals surface area contributed by atoms with Crippen LogP contribution < -0.4 is 5.32 Å². The maximum Gasteiger partial charge on any atom is 0.234 e. The minimum Gasteiger partial charge on any atom is -0.325 e. The van der Waals surface area contributed by atoms with E-state index in [-0.39, 0.29) is 11.7 Å². The van der Waals surface area contributed by atoms with E-state index >= 15 is 0 Å². The molecule has 4 aromatic rings. The molecule has 0 saturated heterocycles. The van der Waals surface area contributed by atoms with Crippen molar-refractivity contribution in [3.63, 3.8) is 0 Å². The summed E-state index contributed by atoms with van der Waals surface area (Å²) < 4.78 is 2.76. The third kappa shape index (κ3) is 4.40. The number of rotatable bonds is 6. The standard InChI is InChI=1S/C20H16BrN5OS/c21-15-7-4-8-16(9-15)25-18(27)12-28-20-17-10-24-26(19(17)22-13-23-20)11-14-5-2-1-3-6-14/h1-10,13H,11-12H2,(H,25,27). The molecule has 0 radical (unpaired) electrons. The molecule has 28 heavy (non-hydrogen) atoms. The number of hydrogen-bond donors (Lipinski definition) is 1. The topological polar surface area (TPSA) is 72.7 Å². The molecule has 0 atom stereocenters. The second-order valence-corrected chi connectivity index (χ2v) is 7.93. The van der Waals surface area contributed by atoms with E-state index in [2.05, 4.69) is 48.4 Å². The van der Waals surface area contributed by atoms with Crippen molar-refractivity contribution < 1.29 is 4.79 Å². The molecule has 0 unspecified atom stereocenters. The molecule has 0 aliphatic carbocycles. The number of carbonyl (C=O) groups excluding carboxylic acids is 1. The summed E-state index contributed by atoms with van der Waals surface area (Å²) in [6.45, 7) is 0.634. The van der Waals surface area contributed by atoms with Crippen molar-refractivity contribution in [1.82, 2.24) is 19.7 Å². The van der Waals surface area contributed by atoms with Gasteiger partial charge in [0.25, 0.3) is 0 Å². The van der Waals surface area contributed by atoms with Crippen LogP contribution in [-0.4, -0.2) is 31.4 Å². The van der Waals surface area contributed by atoms with E-state index < -0.39 is 0 Å². The fourth-order valence-electron chi connectivity index (χ4n) is 2.76. The lowest BCUT2D eigenvalue weighted by atomic mass is 10.2. The number of carbonyl (C=O) groups is 1. The number of amides is 1. The third-order valence-electron chi connectivity index (χ3n) is 4.02. The van der Waals surface area contributed by atoms with Gasteiger partial charge in [0.2, 0.25) is 5.91 Å². The Morgan fingerprint density at radius 2 is 1.96 bits per heavy atom. The summed E-state index contributed by atoms with van der Waals surface area (Å²) in [5, 5.41) is 8.93. The van der Waals surface area contributed by atoms with E-state index in [1.165, 1.54) is 18.1 Å². The molecule has 8 heteroatoms. The highest BCUT2D eigenvalue weighted by atomic mass is 79.9. The van der Waals surface area contributed by atoms with Gasteiger partial charge in [0.05, 0.1) is 23.9 Å². The van der Waals surface area contributed by atoms with Crippen LogP contribution in [0.25, 0.3) is 11.0 Å². The van der Waals surface area contributed by atoms with Crippen molar-refractivity contribution in [2.24, 2.45) is 0 Å². The lowest BCUT2D eigenvalue weighted by molar-refractivity contribution is -0.113. The van der Waals surface area contributed by atoms with Crippen molar-refractivity contribution in [3.05, 3.63) is 77.2 Å². The van der Waals surface area contributed by atoms with Gasteiger partial charge in [-0.05, 0) is 23.8 Å². The lowest BCUT2D eigenvalue weighted by Gasteiger charge is -2.06. The van der Waals surface area contributed by atoms with Gasteiger partial charge >= 0.3 is 0 Å². The first kappa shape index (κ1) is 18.6. The molecule has 0 aliphatic rings. The van der Waals surface area contributed by atoms with Crippen LogP contribution in [0.3, 0.4) is 0 Å². The van der Waals surface area contributed by atoms with Crippen molar-refractivity contribution in [2.45, 2.75) is 11.6 Å². The zero-order chi connectivity index (χ0) is 19.3. The lowest BCUT2D eigenvalue weighted by Crippen LogP contribution is -2.14. The molecule has 2 aromatic heterocycles. The molecular weight excluding hydrogens is 438 g/mol. The van der Waals surface area contributed by atoms with Gasteiger partial charge in [-0.25, -0.2) is 14.6 Å². The number of nitrogens with one attached hydrogen (secondary N) is 1. The highest BCUT2D eigenvalue weighted by molar-refractivity contribution is 9.10. The van der Waals surface area contributed by atoms with E-state index in [9.17, 15) is 4.79 Å². The fourth-order valence-corrected chi connectivity index (χ4v) is 3.92. The van der Waals surface area contributed by atoms with Crippen molar-refractivity contribution in [3.8, 4) is 0 Å². The van der Waals surface area contributed by atoms with Crippen LogP contribution in [0.15, 0.2) is 76.6 Å². The number of halogens is 1. The normalized spacial score (nSPS) is 10.9. The van der Waals surface area contributed by atoms with Crippen LogP contribution in [0.1, 0.15) is 5.56 Å². The Hall–Kier alpha value is -2.71. The molecular formula is C20H16BrN5OS. The number of aromatic nitrogens is 4. The molecule has 2 heterocycles. The average Bonchev–Trinajstić information content (AvgIpc) is 3.11. The molecule has 1 N–H and O–H groups in total. The summed E-state index contributed by atoms with van der Waals surface area (Å²) >= 11 is 4.77. The molecule has 0 fully saturated rings. The minimum absolute atomic E-state index is 0.0912. The van der Waals surface area contributed by atoms with Gasteiger partial charge in [-0.3, -0.25) is 4.79 Å². The Morgan fingerprint density at radius 3 is 2.79 bits per heavy atom. The predicted octanol–water partition coefficient (Wildman–Crippen LogP) is 4.37. The van der Waals surface area contributed by atoms with Crippen LogP contribution in [0.2, 0.25) is 0 Å². The van der Waals surface area contributed by atoms with E-state index in [1.54, 1.807) is 6.20 Å². The molecule has 140 valence electrons. The summed E-state index contributed by atoms with van der Waals surface area (Å²) in [4.78, 5) is 21.0. The number of benzene rings is 2. The maximum absolute atomic E-state index is 12.3. The summed E-state index contributed by atoms with van der Waals surface area (Å²) in [6, 6.07) is 17.6. The summed E-state index contributed by atoms with van der Waals surface area (Å²) in [6.07, 6.45) is 3.27. The SMILES string of the molecule is O=C(CSc1ncnc2c1cnn2Cc1ccccc1)Nc1cccc(Br)c1. The molecule has 0 aliphatic heterocycles. The smallest absolute Gasteiger partial charge is 0.234 e. The van der Waals surface area contributed by atoms with Crippen LogP contribution in [-0.2, 0) is 11.3 Å². The number of anilines is 1. The minimum atomic E-state index is -0.0912. The molecule has 0 spiro atoms. The summed E-state index contributed by atoms with van der Waals surface area (Å²) in [5.74, 6) is 0.161. The molecule has 6 nitrogen and oxygen atoms in total. The first-order valence-electron chi connectivity index (χ1n) is 8.58. The molecule has 0 saturated carbocycles. The zero-order valence-electron chi connectivity index (χ0n) is 14.7. The van der Waals surface area contributed by atoms with Crippen LogP contribution in [0.5, 0.6) is 0 Å². The Labute approximate surface area is 174 Å². The highest BCUT2D eigenvalue weighted by Crippen LogP contribution is 2.25. The molecule has 4 rings (SSSR count). The van der Waals surface area contributed by atoms with E-state index in [0.717, 1.165) is 31.8 Å². The average molecular weight is 454 g/mol. The Kier molecular flexibility index (Phi) is 5.68. The third-order valence-corrected chi connectivity index (χ3v) is 5.52. The highest BCUT2D eigenvalue weighted by Gasteiger charge is 2.12. The van der Waals surface area contributed by atoms with Gasteiger partial charge in [0.15, 0.2) is 5.65 Å². The predicted molar refractivity (Wildman–Crippen MR) is 114 cm³/mol. The molecule has 1 amide bonds. The fraction of sp³-hybridized carbons (Fsp3) is 0.100. The Morgan fingerprint density at radius 1 is 1.11 bits per heavy atom. The Bertz CT molecular complexity index is 1120. The molecule has 0 bridgehead atoms. The van der Waals surface area contributed by atoms with Crippen LogP contribution in [0, 0.1) is 0 Å². The maximum atomic E-state index is 12.3. The van der Waals surface area contributed by atoms with E-state index in [0.29, 0.717) is 6.54 Å². The van der Waals surface area contributed by atoms with Gasteiger partial charge in [-0.15, -0.1) is 0 Å². The zero-order valence-corrected chi connectivity index (χ0v) is 17.2. The van der Waals surface area contributed by atoms with E-state index in [1.807, 2.05) is 47.1 Å². The molecule has 2 aromatic carbocycles. The van der Waals surface area contributed by atoms with Gasteiger partial charge in [-0.2, -0.15) is 5.10 Å². The van der Waals surface area contributed by atoms with Gasteiger partial charge < -0.3 is 5.32 Å². The van der Waals surface area contributed by atoms with Gasteiger partial charge in [0, 0.05) is 10.2 Å². The van der Waals surface area contributed by atoms with Crippen LogP contribution >= 0.6 is 27.7 Å². The Balaban J connectivity index is 1.46. The van der Waals surface area contributed by atoms with Crippen molar-refractivity contribution in [1.29, 1.82) is 0 Å². The number of thioether (sulfide) groups is 1. The van der Waals surface area contributed by atoms with Gasteiger partial charge in [-0.1, -0.05) is 64.1 Å². The summed E-state index contributed by atoms with van der Waals surface area (Å²) in [7, 11) is 0. The first-order chi connectivity index (χ1) is 13.7. The second kappa shape index (κ2) is 8.53. The largest absolute Gasteiger partial charge is 0.325 e. The van der Waals surface area contributed by atoms with E-state index in [4.69, 9.17) is 0 Å². The second-order valence-electron chi connectivity index (χ2n) is 6.05. The quantitative estimate of drug-likeness (QED) is 0.346. The van der Waals surface area contributed by atoms with Gasteiger partial charge in [0.1, 0.15) is 11.4 Å². The van der Waals surface area contributed by atoms with Crippen LogP contribution in [0.4, 0.5) is 5.69 Å². The summed E-state index contributed by atoms with van der Waals surface area (Å²) in [5.41, 5.74) is 2.66. The first-order valence-corrected chi connectivity index (χ1v) is 10.4.